The van der Waals surface area contributed by atoms with E-state index in [1.165, 1.54) is 0 Å². The zero-order valence-corrected chi connectivity index (χ0v) is 10.7. The molecule has 0 aliphatic heterocycles. The van der Waals surface area contributed by atoms with Crippen molar-refractivity contribution in [2.45, 2.75) is 26.4 Å². The van der Waals surface area contributed by atoms with Crippen molar-refractivity contribution in [2.75, 3.05) is 0 Å². The number of hydrogen-bond acceptors (Lipinski definition) is 3. The first-order valence-corrected chi connectivity index (χ1v) is 3.37. The molecule has 0 aromatic carbocycles. The van der Waals surface area contributed by atoms with Crippen molar-refractivity contribution in [1.82, 2.24) is 5.32 Å². The first kappa shape index (κ1) is 15.2. The molecule has 1 amide bonds. The van der Waals surface area contributed by atoms with Crippen LogP contribution in [0.4, 0.5) is 4.79 Å². The number of carboxylic acids is 1. The van der Waals surface area contributed by atoms with Gasteiger partial charge in [-0.25, -0.2) is 4.79 Å². The van der Waals surface area contributed by atoms with Crippen molar-refractivity contribution >= 4 is 12.1 Å². The Morgan fingerprint density at radius 3 is 2.15 bits per heavy atom. The van der Waals surface area contributed by atoms with Crippen molar-refractivity contribution in [2.24, 2.45) is 0 Å². The average Bonchev–Trinajstić information content (AvgIpc) is 1.79. The minimum atomic E-state index is -1.22. The van der Waals surface area contributed by atoms with E-state index in [2.05, 4.69) is 0 Å². The maximum absolute atomic E-state index is 10.7. The van der Waals surface area contributed by atoms with Crippen molar-refractivity contribution in [1.29, 1.82) is 0 Å². The third-order valence-electron chi connectivity index (χ3n) is 0.712. The van der Waals surface area contributed by atoms with E-state index in [0.717, 1.165) is 0 Å². The number of amides is 1. The van der Waals surface area contributed by atoms with E-state index in [-0.39, 0.29) is 32.7 Å². The summed E-state index contributed by atoms with van der Waals surface area (Å²) in [6.45, 7) is 5.68. The Hall–Kier alpha value is -0.286. The van der Waals surface area contributed by atoms with E-state index in [4.69, 9.17) is 9.84 Å². The second kappa shape index (κ2) is 6.21. The number of alkyl carbamates (subject to hydrolysis) is 1. The van der Waals surface area contributed by atoms with Gasteiger partial charge in [0.25, 0.3) is 0 Å². The fourth-order valence-corrected chi connectivity index (χ4v) is 0.428. The maximum atomic E-state index is 10.7. The summed E-state index contributed by atoms with van der Waals surface area (Å²) in [7, 11) is 0. The topological polar surface area (TPSA) is 75.6 Å². The fourth-order valence-electron chi connectivity index (χ4n) is 0.428. The van der Waals surface area contributed by atoms with Crippen LogP contribution >= 0.6 is 0 Å². The predicted molar refractivity (Wildman–Crippen MR) is 41.3 cm³/mol. The van der Waals surface area contributed by atoms with Gasteiger partial charge in [-0.2, -0.15) is 6.54 Å². The third-order valence-corrected chi connectivity index (χ3v) is 0.712. The van der Waals surface area contributed by atoms with Gasteiger partial charge in [0.1, 0.15) is 5.60 Å². The fraction of sp³-hybridized carbons (Fsp3) is 0.571. The van der Waals surface area contributed by atoms with Crippen LogP contribution < -0.4 is 5.32 Å². The van der Waals surface area contributed by atoms with Gasteiger partial charge in [-0.1, -0.05) is 0 Å². The molecule has 0 saturated heterocycles. The van der Waals surface area contributed by atoms with E-state index in [0.29, 0.717) is 6.54 Å². The number of hydrogen-bond donors (Lipinski definition) is 2. The summed E-state index contributed by atoms with van der Waals surface area (Å²) >= 11 is 0. The summed E-state index contributed by atoms with van der Waals surface area (Å²) in [5.74, 6) is -1.22. The molecular weight excluding hydrogens is 251 g/mol. The summed E-state index contributed by atoms with van der Waals surface area (Å²) in [6, 6.07) is 0. The zero-order valence-electron chi connectivity index (χ0n) is 7.83. The van der Waals surface area contributed by atoms with Crippen molar-refractivity contribution in [3.05, 3.63) is 6.54 Å². The third kappa shape index (κ3) is 11.7. The molecular formula is C7H12NO4Y-. The molecule has 0 unspecified atom stereocenters. The van der Waals surface area contributed by atoms with Gasteiger partial charge in [-0.05, 0) is 20.8 Å². The van der Waals surface area contributed by atoms with Gasteiger partial charge < -0.3 is 15.2 Å². The smallest absolute Gasteiger partial charge is 0.381 e. The van der Waals surface area contributed by atoms with Crippen LogP contribution in [-0.4, -0.2) is 22.8 Å². The minimum absolute atomic E-state index is 0. The van der Waals surface area contributed by atoms with Gasteiger partial charge in [0.2, 0.25) is 0 Å². The largest absolute Gasteiger partial charge is 0.502 e. The number of ether oxygens (including phenoxy) is 1. The zero-order chi connectivity index (χ0) is 9.78. The minimum Gasteiger partial charge on any atom is -0.502 e. The van der Waals surface area contributed by atoms with Crippen LogP contribution in [0.1, 0.15) is 20.8 Å². The van der Waals surface area contributed by atoms with Crippen LogP contribution in [0.3, 0.4) is 0 Å². The van der Waals surface area contributed by atoms with Gasteiger partial charge in [0, 0.05) is 32.7 Å². The molecule has 0 atom stereocenters. The second-order valence-corrected chi connectivity index (χ2v) is 3.13. The van der Waals surface area contributed by atoms with Crippen LogP contribution in [-0.2, 0) is 42.2 Å². The van der Waals surface area contributed by atoms with E-state index >= 15 is 0 Å². The van der Waals surface area contributed by atoms with E-state index < -0.39 is 17.7 Å². The van der Waals surface area contributed by atoms with Crippen molar-refractivity contribution in [3.63, 3.8) is 0 Å². The molecule has 0 aliphatic carbocycles. The predicted octanol–water partition coefficient (Wildman–Crippen LogP) is 0.755. The molecule has 13 heavy (non-hydrogen) atoms. The van der Waals surface area contributed by atoms with E-state index in [1.807, 2.05) is 5.32 Å². The summed E-state index contributed by atoms with van der Waals surface area (Å²) in [4.78, 5) is 20.7. The maximum Gasteiger partial charge on any atom is 0.381 e. The SMILES string of the molecule is CC(C)(C)OC(=O)N[CH-]C(=O)O.[Y]. The molecule has 0 saturated carbocycles. The number of carbonyl (C=O) groups is 2. The molecule has 6 heteroatoms. The Morgan fingerprint density at radius 1 is 1.38 bits per heavy atom. The number of carbonyl (C=O) groups excluding carboxylic acids is 1. The first-order valence-electron chi connectivity index (χ1n) is 3.37. The monoisotopic (exact) mass is 263 g/mol. The van der Waals surface area contributed by atoms with Crippen LogP contribution in [0.25, 0.3) is 0 Å². The second-order valence-electron chi connectivity index (χ2n) is 3.13. The van der Waals surface area contributed by atoms with Gasteiger partial charge in [-0.15, -0.1) is 0 Å². The summed E-state index contributed by atoms with van der Waals surface area (Å²) in [5, 5.41) is 10.1. The molecule has 5 nitrogen and oxygen atoms in total. The Morgan fingerprint density at radius 2 is 1.85 bits per heavy atom. The number of carboxylic acid groups (broad SMARTS) is 1. The van der Waals surface area contributed by atoms with Gasteiger partial charge in [-0.3, -0.25) is 4.79 Å². The van der Waals surface area contributed by atoms with Crippen molar-refractivity contribution < 1.29 is 52.1 Å². The Labute approximate surface area is 102 Å². The van der Waals surface area contributed by atoms with E-state index in [9.17, 15) is 9.59 Å². The van der Waals surface area contributed by atoms with E-state index in [1.54, 1.807) is 20.8 Å². The van der Waals surface area contributed by atoms with Crippen LogP contribution in [0.15, 0.2) is 0 Å². The molecule has 0 fully saturated rings. The first-order chi connectivity index (χ1) is 5.31. The summed E-state index contributed by atoms with van der Waals surface area (Å²) in [5.41, 5.74) is -0.615. The molecule has 73 valence electrons. The van der Waals surface area contributed by atoms with Crippen LogP contribution in [0, 0.1) is 6.54 Å². The molecule has 1 radical (unpaired) electrons. The summed E-state index contributed by atoms with van der Waals surface area (Å²) in [6.07, 6.45) is -0.773. The Balaban J connectivity index is 0. The molecule has 0 rings (SSSR count). The van der Waals surface area contributed by atoms with Crippen LogP contribution in [0.5, 0.6) is 0 Å². The molecule has 0 aromatic heterocycles. The molecule has 0 aliphatic rings. The Kier molecular flexibility index (Phi) is 7.26. The normalized spacial score (nSPS) is 9.46. The standard InChI is InChI=1S/C7H12NO4.Y/c1-7(2,3)12-6(11)8-4-5(9)10;/h4H,1-3H3,(H,8,11)(H,9,10);/q-1;. The number of aliphatic carboxylic acids is 1. The quantitative estimate of drug-likeness (QED) is 0.721. The molecule has 2 N–H and O–H groups in total. The molecule has 0 heterocycles. The molecule has 0 spiro atoms. The number of nitrogens with one attached hydrogen (secondary N) is 1. The average molecular weight is 263 g/mol. The Bertz CT molecular complexity index is 187. The van der Waals surface area contributed by atoms with Gasteiger partial charge in [0.05, 0.1) is 0 Å². The number of rotatable bonds is 2. The van der Waals surface area contributed by atoms with Crippen LogP contribution in [0.2, 0.25) is 0 Å². The van der Waals surface area contributed by atoms with Gasteiger partial charge in [0.15, 0.2) is 5.97 Å². The molecule has 0 bridgehead atoms. The molecule has 0 aromatic rings. The van der Waals surface area contributed by atoms with Crippen molar-refractivity contribution in [3.8, 4) is 0 Å². The van der Waals surface area contributed by atoms with Gasteiger partial charge >= 0.3 is 6.09 Å². The summed E-state index contributed by atoms with van der Waals surface area (Å²) < 4.78 is 4.74.